The van der Waals surface area contributed by atoms with Crippen molar-refractivity contribution in [2.45, 2.75) is 46.2 Å². The number of nitrogens with zero attached hydrogens (tertiary/aromatic N) is 1. The first kappa shape index (κ1) is 24.0. The molecular weight excluding hydrogens is 423 g/mol. The number of ether oxygens (including phenoxy) is 1. The van der Waals surface area contributed by atoms with Crippen molar-refractivity contribution < 1.29 is 14.3 Å². The van der Waals surface area contributed by atoms with Gasteiger partial charge in [-0.05, 0) is 44.0 Å². The summed E-state index contributed by atoms with van der Waals surface area (Å²) in [4.78, 5) is 27.1. The SMILES string of the molecule is CCCCNC(=O)[C@H](C)N(Cc1cccc(C)c1)C(=O)COc1ccc(Cl)cc1Cl. The fourth-order valence-corrected chi connectivity index (χ4v) is 3.40. The van der Waals surface area contributed by atoms with Crippen LogP contribution < -0.4 is 10.1 Å². The van der Waals surface area contributed by atoms with E-state index in [1.165, 1.54) is 4.90 Å². The van der Waals surface area contributed by atoms with E-state index in [-0.39, 0.29) is 18.4 Å². The minimum absolute atomic E-state index is 0.186. The number of hydrogen-bond donors (Lipinski definition) is 1. The maximum atomic E-state index is 13.0. The van der Waals surface area contributed by atoms with Crippen molar-refractivity contribution in [3.63, 3.8) is 0 Å². The number of carbonyl (C=O) groups is 2. The minimum Gasteiger partial charge on any atom is -0.482 e. The van der Waals surface area contributed by atoms with Crippen LogP contribution in [-0.4, -0.2) is 35.9 Å². The monoisotopic (exact) mass is 450 g/mol. The highest BCUT2D eigenvalue weighted by Crippen LogP contribution is 2.27. The smallest absolute Gasteiger partial charge is 0.261 e. The molecule has 0 aromatic heterocycles. The summed E-state index contributed by atoms with van der Waals surface area (Å²) < 4.78 is 5.61. The largest absolute Gasteiger partial charge is 0.482 e. The Kier molecular flexibility index (Phi) is 9.47. The molecule has 0 saturated carbocycles. The predicted molar refractivity (Wildman–Crippen MR) is 121 cm³/mol. The Hall–Kier alpha value is -2.24. The number of rotatable bonds is 10. The molecule has 30 heavy (non-hydrogen) atoms. The van der Waals surface area contributed by atoms with Crippen LogP contribution in [0.4, 0.5) is 0 Å². The zero-order valence-corrected chi connectivity index (χ0v) is 19.1. The maximum Gasteiger partial charge on any atom is 0.261 e. The molecule has 0 saturated heterocycles. The van der Waals surface area contributed by atoms with E-state index in [0.717, 1.165) is 24.0 Å². The van der Waals surface area contributed by atoms with E-state index in [2.05, 4.69) is 12.2 Å². The Morgan fingerprint density at radius 3 is 2.60 bits per heavy atom. The lowest BCUT2D eigenvalue weighted by molar-refractivity contribution is -0.142. The molecule has 1 atom stereocenters. The second-order valence-electron chi connectivity index (χ2n) is 7.19. The van der Waals surface area contributed by atoms with Gasteiger partial charge in [0.1, 0.15) is 11.8 Å². The third-order valence-electron chi connectivity index (χ3n) is 4.68. The zero-order chi connectivity index (χ0) is 22.1. The number of benzene rings is 2. The maximum absolute atomic E-state index is 13.0. The summed E-state index contributed by atoms with van der Waals surface area (Å²) in [5.74, 6) is -0.125. The van der Waals surface area contributed by atoms with Crippen molar-refractivity contribution in [1.82, 2.24) is 10.2 Å². The van der Waals surface area contributed by atoms with E-state index in [9.17, 15) is 9.59 Å². The molecular formula is C23H28Cl2N2O3. The molecule has 2 aromatic rings. The van der Waals surface area contributed by atoms with Crippen molar-refractivity contribution in [1.29, 1.82) is 0 Å². The second-order valence-corrected chi connectivity index (χ2v) is 8.04. The predicted octanol–water partition coefficient (Wildman–Crippen LogP) is 5.01. The van der Waals surface area contributed by atoms with Gasteiger partial charge in [-0.1, -0.05) is 66.4 Å². The van der Waals surface area contributed by atoms with E-state index < -0.39 is 6.04 Å². The van der Waals surface area contributed by atoms with E-state index in [0.29, 0.717) is 28.9 Å². The number of amides is 2. The summed E-state index contributed by atoms with van der Waals surface area (Å²) in [6, 6.07) is 12.0. The lowest BCUT2D eigenvalue weighted by atomic mass is 10.1. The molecule has 162 valence electrons. The molecule has 0 aliphatic carbocycles. The number of unbranched alkanes of at least 4 members (excludes halogenated alkanes) is 1. The van der Waals surface area contributed by atoms with Gasteiger partial charge in [-0.3, -0.25) is 9.59 Å². The first-order valence-electron chi connectivity index (χ1n) is 10.0. The van der Waals surface area contributed by atoms with Gasteiger partial charge in [0.15, 0.2) is 6.61 Å². The fraction of sp³-hybridized carbons (Fsp3) is 0.391. The average Bonchev–Trinajstić information content (AvgIpc) is 2.71. The van der Waals surface area contributed by atoms with Gasteiger partial charge in [-0.15, -0.1) is 0 Å². The molecule has 0 fully saturated rings. The number of aryl methyl sites for hydroxylation is 1. The van der Waals surface area contributed by atoms with Crippen LogP contribution in [0.2, 0.25) is 10.0 Å². The van der Waals surface area contributed by atoms with Crippen molar-refractivity contribution in [3.8, 4) is 5.75 Å². The molecule has 0 aliphatic rings. The summed E-state index contributed by atoms with van der Waals surface area (Å²) in [5.41, 5.74) is 2.03. The number of halogens is 2. The number of carbonyl (C=O) groups excluding carboxylic acids is 2. The fourth-order valence-electron chi connectivity index (χ4n) is 2.94. The van der Waals surface area contributed by atoms with Gasteiger partial charge in [0.05, 0.1) is 5.02 Å². The molecule has 0 spiro atoms. The van der Waals surface area contributed by atoms with E-state index in [1.807, 2.05) is 31.2 Å². The Balaban J connectivity index is 2.13. The van der Waals surface area contributed by atoms with Crippen LogP contribution in [0.1, 0.15) is 37.8 Å². The van der Waals surface area contributed by atoms with Crippen LogP contribution in [0, 0.1) is 6.92 Å². The lowest BCUT2D eigenvalue weighted by Crippen LogP contribution is -2.49. The quantitative estimate of drug-likeness (QED) is 0.517. The summed E-state index contributed by atoms with van der Waals surface area (Å²) in [7, 11) is 0. The number of hydrogen-bond acceptors (Lipinski definition) is 3. The number of nitrogens with one attached hydrogen (secondary N) is 1. The van der Waals surface area contributed by atoms with E-state index in [1.54, 1.807) is 25.1 Å². The van der Waals surface area contributed by atoms with Crippen LogP contribution in [0.15, 0.2) is 42.5 Å². The van der Waals surface area contributed by atoms with Crippen LogP contribution >= 0.6 is 23.2 Å². The van der Waals surface area contributed by atoms with Crippen molar-refractivity contribution >= 4 is 35.0 Å². The summed E-state index contributed by atoms with van der Waals surface area (Å²) in [6.45, 7) is 6.43. The molecule has 1 N–H and O–H groups in total. The first-order chi connectivity index (χ1) is 14.3. The van der Waals surface area contributed by atoms with Crippen LogP contribution in [0.3, 0.4) is 0 Å². The minimum atomic E-state index is -0.640. The topological polar surface area (TPSA) is 58.6 Å². The first-order valence-corrected chi connectivity index (χ1v) is 10.8. The molecule has 0 radical (unpaired) electrons. The van der Waals surface area contributed by atoms with E-state index >= 15 is 0 Å². The second kappa shape index (κ2) is 11.8. The Morgan fingerprint density at radius 2 is 1.93 bits per heavy atom. The highest BCUT2D eigenvalue weighted by atomic mass is 35.5. The zero-order valence-electron chi connectivity index (χ0n) is 17.6. The normalized spacial score (nSPS) is 11.6. The van der Waals surface area contributed by atoms with Gasteiger partial charge in [0.2, 0.25) is 5.91 Å². The average molecular weight is 451 g/mol. The third kappa shape index (κ3) is 7.22. The highest BCUT2D eigenvalue weighted by molar-refractivity contribution is 6.35. The Morgan fingerprint density at radius 1 is 1.17 bits per heavy atom. The molecule has 2 amide bonds. The third-order valence-corrected chi connectivity index (χ3v) is 5.21. The van der Waals surface area contributed by atoms with E-state index in [4.69, 9.17) is 27.9 Å². The van der Waals surface area contributed by atoms with Gasteiger partial charge in [-0.25, -0.2) is 0 Å². The molecule has 5 nitrogen and oxygen atoms in total. The van der Waals surface area contributed by atoms with Gasteiger partial charge in [-0.2, -0.15) is 0 Å². The highest BCUT2D eigenvalue weighted by Gasteiger charge is 2.26. The summed E-state index contributed by atoms with van der Waals surface area (Å²) in [5, 5.41) is 3.70. The van der Waals surface area contributed by atoms with Crippen LogP contribution in [0.25, 0.3) is 0 Å². The standard InChI is InChI=1S/C23H28Cl2N2O3/c1-4-5-11-26-23(29)17(3)27(14-18-8-6-7-16(2)12-18)22(28)15-30-21-10-9-19(24)13-20(21)25/h6-10,12-13,17H,4-5,11,14-15H2,1-3H3,(H,26,29)/t17-/m0/s1. The lowest BCUT2D eigenvalue weighted by Gasteiger charge is -2.29. The summed E-state index contributed by atoms with van der Waals surface area (Å²) >= 11 is 12.0. The molecule has 7 heteroatoms. The van der Waals surface area contributed by atoms with Gasteiger partial charge in [0, 0.05) is 18.1 Å². The molecule has 0 unspecified atom stereocenters. The van der Waals surface area contributed by atoms with Crippen molar-refractivity contribution in [2.24, 2.45) is 0 Å². The molecule has 0 aliphatic heterocycles. The van der Waals surface area contributed by atoms with Crippen LogP contribution in [-0.2, 0) is 16.1 Å². The molecule has 0 heterocycles. The van der Waals surface area contributed by atoms with Crippen LogP contribution in [0.5, 0.6) is 5.75 Å². The molecule has 0 bridgehead atoms. The van der Waals surface area contributed by atoms with Gasteiger partial charge >= 0.3 is 0 Å². The molecule has 2 aromatic carbocycles. The Bertz CT molecular complexity index is 873. The molecule has 2 rings (SSSR count). The van der Waals surface area contributed by atoms with Crippen molar-refractivity contribution in [3.05, 3.63) is 63.6 Å². The Labute approximate surface area is 188 Å². The van der Waals surface area contributed by atoms with Gasteiger partial charge in [0.25, 0.3) is 5.91 Å². The van der Waals surface area contributed by atoms with Crippen molar-refractivity contribution in [2.75, 3.05) is 13.2 Å². The summed E-state index contributed by atoms with van der Waals surface area (Å²) in [6.07, 6.45) is 1.87. The van der Waals surface area contributed by atoms with Gasteiger partial charge < -0.3 is 15.0 Å².